The molecule has 0 saturated carbocycles. The van der Waals surface area contributed by atoms with E-state index >= 15 is 0 Å². The highest BCUT2D eigenvalue weighted by Gasteiger charge is 2.13. The Balaban J connectivity index is 2.52. The van der Waals surface area contributed by atoms with Gasteiger partial charge in [-0.2, -0.15) is 14.0 Å². The van der Waals surface area contributed by atoms with Crippen molar-refractivity contribution in [2.75, 3.05) is 0 Å². The van der Waals surface area contributed by atoms with Gasteiger partial charge in [0.1, 0.15) is 0 Å². The van der Waals surface area contributed by atoms with Gasteiger partial charge in [-0.3, -0.25) is 4.79 Å². The van der Waals surface area contributed by atoms with E-state index in [1.54, 1.807) is 24.3 Å². The van der Waals surface area contributed by atoms with E-state index in [1.807, 2.05) is 6.07 Å². The SMILES string of the molecule is N#Cc1ccc(CNC(=O)C(F)F)cc1. The summed E-state index contributed by atoms with van der Waals surface area (Å²) in [5.74, 6) is -1.29. The van der Waals surface area contributed by atoms with E-state index in [2.05, 4.69) is 5.32 Å². The number of benzene rings is 1. The minimum absolute atomic E-state index is 0.0366. The normalized spacial score (nSPS) is 9.73. The summed E-state index contributed by atoms with van der Waals surface area (Å²) in [6.07, 6.45) is -3.00. The van der Waals surface area contributed by atoms with Crippen LogP contribution >= 0.6 is 0 Å². The van der Waals surface area contributed by atoms with Gasteiger partial charge < -0.3 is 5.32 Å². The third kappa shape index (κ3) is 3.35. The lowest BCUT2D eigenvalue weighted by Crippen LogP contribution is -2.28. The van der Waals surface area contributed by atoms with Crippen LogP contribution in [-0.2, 0) is 11.3 Å². The van der Waals surface area contributed by atoms with Crippen molar-refractivity contribution >= 4 is 5.91 Å². The van der Waals surface area contributed by atoms with Crippen LogP contribution in [0.3, 0.4) is 0 Å². The van der Waals surface area contributed by atoms with E-state index < -0.39 is 12.3 Å². The van der Waals surface area contributed by atoms with Gasteiger partial charge in [0, 0.05) is 6.54 Å². The predicted molar refractivity (Wildman–Crippen MR) is 49.0 cm³/mol. The van der Waals surface area contributed by atoms with Crippen LogP contribution in [-0.4, -0.2) is 12.3 Å². The summed E-state index contributed by atoms with van der Waals surface area (Å²) in [4.78, 5) is 10.5. The van der Waals surface area contributed by atoms with Crippen molar-refractivity contribution in [2.45, 2.75) is 13.0 Å². The van der Waals surface area contributed by atoms with Gasteiger partial charge in [-0.15, -0.1) is 0 Å². The number of halogens is 2. The Morgan fingerprint density at radius 1 is 1.40 bits per heavy atom. The molecule has 15 heavy (non-hydrogen) atoms. The Hall–Kier alpha value is -1.96. The van der Waals surface area contributed by atoms with Crippen molar-refractivity contribution in [3.05, 3.63) is 35.4 Å². The minimum atomic E-state index is -3.00. The lowest BCUT2D eigenvalue weighted by atomic mass is 10.1. The van der Waals surface area contributed by atoms with Gasteiger partial charge in [0.2, 0.25) is 0 Å². The standard InChI is InChI=1S/C10H8F2N2O/c11-9(12)10(15)14-6-8-3-1-7(5-13)2-4-8/h1-4,9H,6H2,(H,14,15). The second-order valence-electron chi connectivity index (χ2n) is 2.83. The molecule has 1 rings (SSSR count). The average molecular weight is 210 g/mol. The smallest absolute Gasteiger partial charge is 0.315 e. The Morgan fingerprint density at radius 2 is 2.00 bits per heavy atom. The van der Waals surface area contributed by atoms with Crippen molar-refractivity contribution < 1.29 is 13.6 Å². The number of carbonyl (C=O) groups excluding carboxylic acids is 1. The number of hydrogen-bond acceptors (Lipinski definition) is 2. The molecule has 1 aromatic carbocycles. The molecule has 0 heterocycles. The first-order valence-electron chi connectivity index (χ1n) is 4.18. The second-order valence-corrected chi connectivity index (χ2v) is 2.83. The minimum Gasteiger partial charge on any atom is -0.347 e. The Bertz CT molecular complexity index is 381. The maximum absolute atomic E-state index is 11.8. The summed E-state index contributed by atoms with van der Waals surface area (Å²) in [6.45, 7) is 0.0366. The van der Waals surface area contributed by atoms with E-state index in [4.69, 9.17) is 5.26 Å². The molecular formula is C10H8F2N2O. The van der Waals surface area contributed by atoms with Crippen molar-refractivity contribution in [1.82, 2.24) is 5.32 Å². The summed E-state index contributed by atoms with van der Waals surface area (Å²) < 4.78 is 23.6. The Morgan fingerprint density at radius 3 is 2.47 bits per heavy atom. The zero-order valence-corrected chi connectivity index (χ0v) is 7.71. The van der Waals surface area contributed by atoms with Gasteiger partial charge in [-0.25, -0.2) is 0 Å². The van der Waals surface area contributed by atoms with Crippen molar-refractivity contribution in [2.24, 2.45) is 0 Å². The van der Waals surface area contributed by atoms with Gasteiger partial charge in [-0.05, 0) is 17.7 Å². The zero-order valence-electron chi connectivity index (χ0n) is 7.71. The number of rotatable bonds is 3. The van der Waals surface area contributed by atoms with E-state index in [0.717, 1.165) is 0 Å². The number of hydrogen-bond donors (Lipinski definition) is 1. The fourth-order valence-electron chi connectivity index (χ4n) is 0.963. The first kappa shape index (κ1) is 11.1. The van der Waals surface area contributed by atoms with Gasteiger partial charge >= 0.3 is 6.43 Å². The summed E-state index contributed by atoms with van der Waals surface area (Å²) in [6, 6.07) is 8.25. The number of nitriles is 1. The Labute approximate surface area is 85.3 Å². The summed E-state index contributed by atoms with van der Waals surface area (Å²) in [5, 5.41) is 10.6. The first-order chi connectivity index (χ1) is 7.13. The first-order valence-corrected chi connectivity index (χ1v) is 4.18. The van der Waals surface area contributed by atoms with Crippen LogP contribution in [0.1, 0.15) is 11.1 Å². The van der Waals surface area contributed by atoms with Crippen LogP contribution < -0.4 is 5.32 Å². The fraction of sp³-hybridized carbons (Fsp3) is 0.200. The highest BCUT2D eigenvalue weighted by molar-refractivity contribution is 5.79. The average Bonchev–Trinajstić information content (AvgIpc) is 2.26. The molecule has 1 N–H and O–H groups in total. The highest BCUT2D eigenvalue weighted by atomic mass is 19.3. The topological polar surface area (TPSA) is 52.9 Å². The number of amides is 1. The van der Waals surface area contributed by atoms with Crippen LogP contribution in [0.25, 0.3) is 0 Å². The highest BCUT2D eigenvalue weighted by Crippen LogP contribution is 2.03. The molecule has 0 aliphatic heterocycles. The molecule has 78 valence electrons. The monoisotopic (exact) mass is 210 g/mol. The van der Waals surface area contributed by atoms with E-state index in [0.29, 0.717) is 11.1 Å². The lowest BCUT2D eigenvalue weighted by molar-refractivity contribution is -0.131. The summed E-state index contributed by atoms with van der Waals surface area (Å²) in [5.41, 5.74) is 1.15. The largest absolute Gasteiger partial charge is 0.347 e. The summed E-state index contributed by atoms with van der Waals surface area (Å²) in [7, 11) is 0. The molecule has 0 radical (unpaired) electrons. The number of carbonyl (C=O) groups is 1. The van der Waals surface area contributed by atoms with E-state index in [9.17, 15) is 13.6 Å². The fourth-order valence-corrected chi connectivity index (χ4v) is 0.963. The molecule has 5 heteroatoms. The predicted octanol–water partition coefficient (Wildman–Crippen LogP) is 1.44. The van der Waals surface area contributed by atoms with Crippen LogP contribution in [0.15, 0.2) is 24.3 Å². The van der Waals surface area contributed by atoms with Crippen LogP contribution in [0, 0.1) is 11.3 Å². The number of nitrogens with one attached hydrogen (secondary N) is 1. The third-order valence-corrected chi connectivity index (χ3v) is 1.75. The van der Waals surface area contributed by atoms with E-state index in [-0.39, 0.29) is 6.54 Å². The molecule has 0 aliphatic carbocycles. The van der Waals surface area contributed by atoms with Crippen LogP contribution in [0.4, 0.5) is 8.78 Å². The number of alkyl halides is 2. The van der Waals surface area contributed by atoms with Crippen LogP contribution in [0.2, 0.25) is 0 Å². The Kier molecular flexibility index (Phi) is 3.75. The van der Waals surface area contributed by atoms with Crippen molar-refractivity contribution in [3.8, 4) is 6.07 Å². The van der Waals surface area contributed by atoms with Gasteiger partial charge in [0.25, 0.3) is 5.91 Å². The molecular weight excluding hydrogens is 202 g/mol. The molecule has 0 unspecified atom stereocenters. The second kappa shape index (κ2) is 5.05. The van der Waals surface area contributed by atoms with Gasteiger partial charge in [0.15, 0.2) is 0 Å². The van der Waals surface area contributed by atoms with Gasteiger partial charge in [-0.1, -0.05) is 12.1 Å². The molecule has 0 fully saturated rings. The molecule has 0 spiro atoms. The maximum atomic E-state index is 11.8. The number of nitrogens with zero attached hydrogens (tertiary/aromatic N) is 1. The van der Waals surface area contributed by atoms with E-state index in [1.165, 1.54) is 0 Å². The van der Waals surface area contributed by atoms with Crippen molar-refractivity contribution in [3.63, 3.8) is 0 Å². The summed E-state index contributed by atoms with van der Waals surface area (Å²) >= 11 is 0. The third-order valence-electron chi connectivity index (χ3n) is 1.75. The molecule has 3 nitrogen and oxygen atoms in total. The molecule has 0 aliphatic rings. The molecule has 0 bridgehead atoms. The molecule has 0 saturated heterocycles. The van der Waals surface area contributed by atoms with Crippen molar-refractivity contribution in [1.29, 1.82) is 5.26 Å². The molecule has 0 aromatic heterocycles. The maximum Gasteiger partial charge on any atom is 0.315 e. The molecule has 0 atom stereocenters. The van der Waals surface area contributed by atoms with Gasteiger partial charge in [0.05, 0.1) is 11.6 Å². The molecule has 1 aromatic rings. The van der Waals surface area contributed by atoms with Crippen LogP contribution in [0.5, 0.6) is 0 Å². The lowest BCUT2D eigenvalue weighted by Gasteiger charge is -2.03. The quantitative estimate of drug-likeness (QED) is 0.820. The molecule has 1 amide bonds. The zero-order chi connectivity index (χ0) is 11.3.